The van der Waals surface area contributed by atoms with Crippen LogP contribution in [0.25, 0.3) is 0 Å². The fourth-order valence-electron chi connectivity index (χ4n) is 4.52. The number of hydrogen-bond donors (Lipinski definition) is 1. The number of fused-ring (bicyclic) bond motifs is 1. The molecule has 4 aliphatic rings. The van der Waals surface area contributed by atoms with E-state index in [1.807, 2.05) is 4.90 Å². The van der Waals surface area contributed by atoms with Crippen molar-refractivity contribution in [2.45, 2.75) is 49.6 Å². The van der Waals surface area contributed by atoms with Crippen LogP contribution in [0.1, 0.15) is 31.9 Å². The Bertz CT molecular complexity index is 856. The van der Waals surface area contributed by atoms with Crippen molar-refractivity contribution in [3.8, 4) is 0 Å². The van der Waals surface area contributed by atoms with Gasteiger partial charge in [0.25, 0.3) is 0 Å². The molecule has 0 aliphatic carbocycles. The van der Waals surface area contributed by atoms with Crippen molar-refractivity contribution in [1.82, 2.24) is 14.9 Å². The lowest BCUT2D eigenvalue weighted by molar-refractivity contribution is -0.158. The van der Waals surface area contributed by atoms with Crippen molar-refractivity contribution in [2.24, 2.45) is 5.92 Å². The van der Waals surface area contributed by atoms with Gasteiger partial charge in [0, 0.05) is 51.4 Å². The van der Waals surface area contributed by atoms with Gasteiger partial charge in [-0.2, -0.15) is 4.98 Å². The van der Waals surface area contributed by atoms with Crippen LogP contribution in [0.3, 0.4) is 0 Å². The van der Waals surface area contributed by atoms with Gasteiger partial charge in [-0.3, -0.25) is 9.59 Å². The second-order valence-corrected chi connectivity index (χ2v) is 9.80. The zero-order valence-electron chi connectivity index (χ0n) is 17.8. The van der Waals surface area contributed by atoms with Crippen LogP contribution in [0.2, 0.25) is 0 Å². The first-order valence-corrected chi connectivity index (χ1v) is 12.1. The predicted octanol–water partition coefficient (Wildman–Crippen LogP) is 1.32. The standard InChI is InChI=1S/C21H29N5O4S/c1-13(27)25-6-2-15(10-25)22-19-18-17(5-9-31-18)23-21(24-19)26-11-16(12-26)30-20(28)14-3-7-29-8-4-14/h14-16H,2-12H2,1H3,(H,22,23,24)/t15-/m1/s1. The van der Waals surface area contributed by atoms with Crippen LogP contribution in [-0.2, 0) is 25.5 Å². The third-order valence-corrected chi connectivity index (χ3v) is 7.58. The number of nitrogens with zero attached hydrogens (tertiary/aromatic N) is 4. The van der Waals surface area contributed by atoms with Gasteiger partial charge >= 0.3 is 5.97 Å². The minimum atomic E-state index is -0.100. The summed E-state index contributed by atoms with van der Waals surface area (Å²) in [5.41, 5.74) is 1.08. The van der Waals surface area contributed by atoms with E-state index in [-0.39, 0.29) is 29.9 Å². The van der Waals surface area contributed by atoms with E-state index in [0.29, 0.717) is 38.8 Å². The number of carbonyl (C=O) groups is 2. The van der Waals surface area contributed by atoms with Gasteiger partial charge < -0.3 is 24.6 Å². The van der Waals surface area contributed by atoms with Gasteiger partial charge in [0.1, 0.15) is 11.9 Å². The SMILES string of the molecule is CC(=O)N1CC[C@@H](Nc2nc(N3CC(OC(=O)C4CCOCC4)C3)nc3c2SCC3)C1. The third kappa shape index (κ3) is 4.45. The highest BCUT2D eigenvalue weighted by atomic mass is 32.2. The molecule has 1 aromatic heterocycles. The number of aryl methyl sites for hydroxylation is 1. The molecule has 0 aromatic carbocycles. The number of aromatic nitrogens is 2. The van der Waals surface area contributed by atoms with Crippen molar-refractivity contribution in [2.75, 3.05) is 55.4 Å². The summed E-state index contributed by atoms with van der Waals surface area (Å²) >= 11 is 1.79. The summed E-state index contributed by atoms with van der Waals surface area (Å²) in [6, 6.07) is 0.210. The summed E-state index contributed by atoms with van der Waals surface area (Å²) in [7, 11) is 0. The molecule has 3 fully saturated rings. The Kier molecular flexibility index (Phi) is 5.92. The molecule has 4 aliphatic heterocycles. The van der Waals surface area contributed by atoms with Crippen LogP contribution in [-0.4, -0.2) is 84.0 Å². The van der Waals surface area contributed by atoms with Gasteiger partial charge in [0.15, 0.2) is 0 Å². The van der Waals surface area contributed by atoms with Gasteiger partial charge in [-0.1, -0.05) is 0 Å². The highest BCUT2D eigenvalue weighted by Gasteiger charge is 2.36. The lowest BCUT2D eigenvalue weighted by Gasteiger charge is -2.39. The molecule has 0 saturated carbocycles. The van der Waals surface area contributed by atoms with Crippen LogP contribution >= 0.6 is 11.8 Å². The number of esters is 1. The Morgan fingerprint density at radius 3 is 2.71 bits per heavy atom. The summed E-state index contributed by atoms with van der Waals surface area (Å²) in [4.78, 5) is 38.7. The van der Waals surface area contributed by atoms with Gasteiger partial charge in [0.2, 0.25) is 11.9 Å². The molecule has 0 spiro atoms. The predicted molar refractivity (Wildman–Crippen MR) is 116 cm³/mol. The monoisotopic (exact) mass is 447 g/mol. The van der Waals surface area contributed by atoms with E-state index in [9.17, 15) is 9.59 Å². The van der Waals surface area contributed by atoms with E-state index in [1.165, 1.54) is 0 Å². The molecular weight excluding hydrogens is 418 g/mol. The third-order valence-electron chi connectivity index (χ3n) is 6.45. The van der Waals surface area contributed by atoms with Crippen molar-refractivity contribution < 1.29 is 19.1 Å². The first-order valence-electron chi connectivity index (χ1n) is 11.2. The van der Waals surface area contributed by atoms with Gasteiger partial charge in [-0.05, 0) is 19.3 Å². The number of rotatable bonds is 5. The quantitative estimate of drug-likeness (QED) is 0.670. The maximum atomic E-state index is 12.4. The van der Waals surface area contributed by atoms with Crippen LogP contribution in [0.4, 0.5) is 11.8 Å². The highest BCUT2D eigenvalue weighted by molar-refractivity contribution is 7.99. The normalized spacial score (nSPS) is 24.1. The zero-order chi connectivity index (χ0) is 21.4. The average Bonchev–Trinajstić information content (AvgIpc) is 3.40. The molecule has 31 heavy (non-hydrogen) atoms. The second kappa shape index (κ2) is 8.82. The van der Waals surface area contributed by atoms with E-state index >= 15 is 0 Å². The molecule has 0 radical (unpaired) electrons. The molecular formula is C21H29N5O4S. The molecule has 1 amide bonds. The van der Waals surface area contributed by atoms with Crippen LogP contribution < -0.4 is 10.2 Å². The Hall–Kier alpha value is -2.07. The van der Waals surface area contributed by atoms with Crippen LogP contribution in [0, 0.1) is 5.92 Å². The summed E-state index contributed by atoms with van der Waals surface area (Å²) in [5.74, 6) is 2.57. The Balaban J connectivity index is 1.21. The molecule has 168 valence electrons. The van der Waals surface area contributed by atoms with Crippen LogP contribution in [0.5, 0.6) is 0 Å². The Morgan fingerprint density at radius 2 is 1.97 bits per heavy atom. The molecule has 1 aromatic rings. The molecule has 3 saturated heterocycles. The average molecular weight is 448 g/mol. The number of ether oxygens (including phenoxy) is 2. The topological polar surface area (TPSA) is 96.9 Å². The summed E-state index contributed by atoms with van der Waals surface area (Å²) in [5, 5.41) is 3.57. The van der Waals surface area contributed by atoms with Crippen molar-refractivity contribution in [3.05, 3.63) is 5.69 Å². The van der Waals surface area contributed by atoms with Crippen molar-refractivity contribution in [3.63, 3.8) is 0 Å². The van der Waals surface area contributed by atoms with Gasteiger partial charge in [-0.15, -0.1) is 11.8 Å². The molecule has 1 N–H and O–H groups in total. The van der Waals surface area contributed by atoms with Crippen molar-refractivity contribution >= 4 is 35.4 Å². The van der Waals surface area contributed by atoms with E-state index in [2.05, 4.69) is 10.2 Å². The van der Waals surface area contributed by atoms with Gasteiger partial charge in [0.05, 0.1) is 29.6 Å². The zero-order valence-corrected chi connectivity index (χ0v) is 18.7. The first kappa shape index (κ1) is 20.8. The maximum Gasteiger partial charge on any atom is 0.309 e. The maximum absolute atomic E-state index is 12.4. The lowest BCUT2D eigenvalue weighted by Crippen LogP contribution is -2.54. The van der Waals surface area contributed by atoms with Crippen molar-refractivity contribution in [1.29, 1.82) is 0 Å². The summed E-state index contributed by atoms with van der Waals surface area (Å²) < 4.78 is 11.0. The minimum Gasteiger partial charge on any atom is -0.458 e. The molecule has 1 atom stereocenters. The Morgan fingerprint density at radius 1 is 1.16 bits per heavy atom. The molecule has 5 rings (SSSR count). The van der Waals surface area contributed by atoms with E-state index in [0.717, 1.165) is 54.4 Å². The summed E-state index contributed by atoms with van der Waals surface area (Å²) in [6.45, 7) is 5.64. The lowest BCUT2D eigenvalue weighted by atomic mass is 10.0. The Labute approximate surface area is 186 Å². The van der Waals surface area contributed by atoms with E-state index < -0.39 is 0 Å². The van der Waals surface area contributed by atoms with Crippen LogP contribution in [0.15, 0.2) is 4.90 Å². The largest absolute Gasteiger partial charge is 0.458 e. The first-order chi connectivity index (χ1) is 15.1. The molecule has 0 unspecified atom stereocenters. The molecule has 10 heteroatoms. The fraction of sp³-hybridized carbons (Fsp3) is 0.714. The van der Waals surface area contributed by atoms with E-state index in [1.54, 1.807) is 18.7 Å². The molecule has 5 heterocycles. The highest BCUT2D eigenvalue weighted by Crippen LogP contribution is 2.38. The number of anilines is 2. The molecule has 9 nitrogen and oxygen atoms in total. The number of hydrogen-bond acceptors (Lipinski definition) is 9. The second-order valence-electron chi connectivity index (χ2n) is 8.69. The molecule has 0 bridgehead atoms. The summed E-state index contributed by atoms with van der Waals surface area (Å²) in [6.07, 6.45) is 3.25. The minimum absolute atomic E-state index is 0.0344. The van der Waals surface area contributed by atoms with E-state index in [4.69, 9.17) is 19.4 Å². The number of nitrogens with one attached hydrogen (secondary N) is 1. The smallest absolute Gasteiger partial charge is 0.309 e. The number of thioether (sulfide) groups is 1. The van der Waals surface area contributed by atoms with Gasteiger partial charge in [-0.25, -0.2) is 4.98 Å². The number of likely N-dealkylation sites (tertiary alicyclic amines) is 1. The number of carbonyl (C=O) groups excluding carboxylic acids is 2. The number of amides is 1. The fourth-order valence-corrected chi connectivity index (χ4v) is 5.58.